The summed E-state index contributed by atoms with van der Waals surface area (Å²) in [5.41, 5.74) is 1.43. The molecule has 1 aromatic rings. The summed E-state index contributed by atoms with van der Waals surface area (Å²) in [7, 11) is 0. The average molecular weight is 215 g/mol. The molecule has 0 N–H and O–H groups in total. The molecule has 16 heavy (non-hydrogen) atoms. The fraction of sp³-hybridized carbons (Fsp3) is 0.467. The Hall–Kier alpha value is -1.08. The van der Waals surface area contributed by atoms with Crippen molar-refractivity contribution in [3.8, 4) is 0 Å². The Labute approximate surface area is 98.8 Å². The third-order valence-corrected chi connectivity index (χ3v) is 3.31. The Morgan fingerprint density at radius 1 is 1.25 bits per heavy atom. The van der Waals surface area contributed by atoms with Crippen molar-refractivity contribution in [3.63, 3.8) is 0 Å². The fourth-order valence-electron chi connectivity index (χ4n) is 2.47. The molecule has 1 fully saturated rings. The van der Waals surface area contributed by atoms with Gasteiger partial charge in [0.15, 0.2) is 0 Å². The Balaban J connectivity index is 2.01. The molecule has 0 aliphatic carbocycles. The van der Waals surface area contributed by atoms with Crippen LogP contribution in [0, 0.1) is 0 Å². The zero-order valence-corrected chi connectivity index (χ0v) is 10.1. The van der Waals surface area contributed by atoms with Gasteiger partial charge in [0.2, 0.25) is 0 Å². The van der Waals surface area contributed by atoms with Crippen molar-refractivity contribution >= 4 is 0 Å². The average Bonchev–Trinajstić information content (AvgIpc) is 2.33. The Kier molecular flexibility index (Phi) is 4.17. The van der Waals surface area contributed by atoms with E-state index in [1.165, 1.54) is 31.4 Å². The number of hydrogen-bond acceptors (Lipinski definition) is 1. The second kappa shape index (κ2) is 5.86. The minimum absolute atomic E-state index is 0.652. The first kappa shape index (κ1) is 11.4. The van der Waals surface area contributed by atoms with Crippen molar-refractivity contribution in [2.45, 2.75) is 38.8 Å². The van der Waals surface area contributed by atoms with Gasteiger partial charge in [-0.15, -0.1) is 0 Å². The van der Waals surface area contributed by atoms with Crippen molar-refractivity contribution in [1.82, 2.24) is 4.90 Å². The third kappa shape index (κ3) is 2.96. The van der Waals surface area contributed by atoms with E-state index in [1.54, 1.807) is 0 Å². The van der Waals surface area contributed by atoms with Gasteiger partial charge in [-0.05, 0) is 31.9 Å². The normalized spacial score (nSPS) is 22.7. The van der Waals surface area contributed by atoms with Gasteiger partial charge in [-0.25, -0.2) is 0 Å². The standard InChI is InChI=1S/C15H21N/c1-2-8-15-11-6-7-12-16(15)13-14-9-4-3-5-10-14/h2-5,8-10,15H,6-7,11-13H2,1H3/t15-/m0/s1. The van der Waals surface area contributed by atoms with Crippen molar-refractivity contribution < 1.29 is 0 Å². The lowest BCUT2D eigenvalue weighted by atomic mass is 10.0. The van der Waals surface area contributed by atoms with Crippen LogP contribution in [0.2, 0.25) is 0 Å². The molecule has 0 spiro atoms. The molecule has 86 valence electrons. The zero-order valence-electron chi connectivity index (χ0n) is 10.1. The monoisotopic (exact) mass is 215 g/mol. The van der Waals surface area contributed by atoms with E-state index >= 15 is 0 Å². The SMILES string of the molecule is CC=C[C@H]1CCCCN1Cc1ccccc1. The van der Waals surface area contributed by atoms with Crippen molar-refractivity contribution in [3.05, 3.63) is 48.0 Å². The van der Waals surface area contributed by atoms with Crippen LogP contribution in [0.3, 0.4) is 0 Å². The van der Waals surface area contributed by atoms with Crippen LogP contribution in [0.25, 0.3) is 0 Å². The molecule has 1 atom stereocenters. The molecule has 0 aromatic heterocycles. The van der Waals surface area contributed by atoms with Crippen LogP contribution >= 0.6 is 0 Å². The first-order valence-electron chi connectivity index (χ1n) is 6.31. The van der Waals surface area contributed by atoms with E-state index < -0.39 is 0 Å². The third-order valence-electron chi connectivity index (χ3n) is 3.31. The highest BCUT2D eigenvalue weighted by molar-refractivity contribution is 5.15. The highest BCUT2D eigenvalue weighted by atomic mass is 15.2. The Bertz CT molecular complexity index is 329. The van der Waals surface area contributed by atoms with Crippen LogP contribution in [0.1, 0.15) is 31.7 Å². The molecule has 0 bridgehead atoms. The minimum Gasteiger partial charge on any atom is -0.293 e. The zero-order chi connectivity index (χ0) is 11.2. The summed E-state index contributed by atoms with van der Waals surface area (Å²) < 4.78 is 0. The van der Waals surface area contributed by atoms with Crippen LogP contribution in [-0.4, -0.2) is 17.5 Å². The predicted molar refractivity (Wildman–Crippen MR) is 69.3 cm³/mol. The summed E-state index contributed by atoms with van der Waals surface area (Å²) >= 11 is 0. The lowest BCUT2D eigenvalue weighted by Crippen LogP contribution is -2.37. The molecule has 1 aliphatic heterocycles. The lowest BCUT2D eigenvalue weighted by molar-refractivity contribution is 0.171. The topological polar surface area (TPSA) is 3.24 Å². The van der Waals surface area contributed by atoms with Crippen molar-refractivity contribution in [1.29, 1.82) is 0 Å². The Morgan fingerprint density at radius 3 is 2.81 bits per heavy atom. The second-order valence-electron chi connectivity index (χ2n) is 4.54. The Morgan fingerprint density at radius 2 is 2.06 bits per heavy atom. The molecule has 0 amide bonds. The maximum Gasteiger partial charge on any atom is 0.0281 e. The van der Waals surface area contributed by atoms with Gasteiger partial charge in [0.05, 0.1) is 0 Å². The first-order valence-corrected chi connectivity index (χ1v) is 6.31. The van der Waals surface area contributed by atoms with Gasteiger partial charge in [0.1, 0.15) is 0 Å². The molecule has 1 nitrogen and oxygen atoms in total. The number of hydrogen-bond donors (Lipinski definition) is 0. The first-order chi connectivity index (χ1) is 7.90. The largest absolute Gasteiger partial charge is 0.293 e. The van der Waals surface area contributed by atoms with E-state index in [2.05, 4.69) is 54.3 Å². The molecule has 1 saturated heterocycles. The molecule has 1 aliphatic rings. The maximum atomic E-state index is 2.60. The minimum atomic E-state index is 0.652. The van der Waals surface area contributed by atoms with Gasteiger partial charge in [0.25, 0.3) is 0 Å². The van der Waals surface area contributed by atoms with Gasteiger partial charge in [-0.2, -0.15) is 0 Å². The summed E-state index contributed by atoms with van der Waals surface area (Å²) in [4.78, 5) is 2.60. The molecule has 1 heterocycles. The quantitative estimate of drug-likeness (QED) is 0.696. The van der Waals surface area contributed by atoms with Crippen molar-refractivity contribution in [2.24, 2.45) is 0 Å². The predicted octanol–water partition coefficient (Wildman–Crippen LogP) is 3.62. The van der Waals surface area contributed by atoms with Crippen LogP contribution < -0.4 is 0 Å². The van der Waals surface area contributed by atoms with Gasteiger partial charge < -0.3 is 0 Å². The van der Waals surface area contributed by atoms with E-state index in [1.807, 2.05) is 0 Å². The molecule has 1 heteroatoms. The summed E-state index contributed by atoms with van der Waals surface area (Å²) in [5.74, 6) is 0. The second-order valence-corrected chi connectivity index (χ2v) is 4.54. The van der Waals surface area contributed by atoms with Crippen LogP contribution in [-0.2, 0) is 6.54 Å². The fourth-order valence-corrected chi connectivity index (χ4v) is 2.47. The summed E-state index contributed by atoms with van der Waals surface area (Å²) in [6, 6.07) is 11.4. The van der Waals surface area contributed by atoms with E-state index in [-0.39, 0.29) is 0 Å². The highest BCUT2D eigenvalue weighted by Crippen LogP contribution is 2.20. The van der Waals surface area contributed by atoms with Crippen LogP contribution in [0.15, 0.2) is 42.5 Å². The molecule has 2 rings (SSSR count). The van der Waals surface area contributed by atoms with E-state index in [9.17, 15) is 0 Å². The van der Waals surface area contributed by atoms with Gasteiger partial charge in [-0.3, -0.25) is 4.90 Å². The number of benzene rings is 1. The number of rotatable bonds is 3. The number of piperidine rings is 1. The van der Waals surface area contributed by atoms with E-state index in [0.717, 1.165) is 6.54 Å². The summed E-state index contributed by atoms with van der Waals surface area (Å²) in [6.45, 7) is 4.45. The molecule has 0 radical (unpaired) electrons. The summed E-state index contributed by atoms with van der Waals surface area (Å²) in [6.07, 6.45) is 8.58. The molecule has 0 saturated carbocycles. The smallest absolute Gasteiger partial charge is 0.0281 e. The molecular formula is C15H21N. The van der Waals surface area contributed by atoms with Gasteiger partial charge in [-0.1, -0.05) is 48.9 Å². The number of nitrogens with zero attached hydrogens (tertiary/aromatic N) is 1. The van der Waals surface area contributed by atoms with Crippen LogP contribution in [0.4, 0.5) is 0 Å². The summed E-state index contributed by atoms with van der Waals surface area (Å²) in [5, 5.41) is 0. The van der Waals surface area contributed by atoms with Gasteiger partial charge >= 0.3 is 0 Å². The number of likely N-dealkylation sites (tertiary alicyclic amines) is 1. The number of allylic oxidation sites excluding steroid dienone is 1. The molecule has 1 aromatic carbocycles. The molecule has 0 unspecified atom stereocenters. The lowest BCUT2D eigenvalue weighted by Gasteiger charge is -2.34. The van der Waals surface area contributed by atoms with Crippen molar-refractivity contribution in [2.75, 3.05) is 6.54 Å². The van der Waals surface area contributed by atoms with E-state index in [0.29, 0.717) is 6.04 Å². The molecular weight excluding hydrogens is 194 g/mol. The highest BCUT2D eigenvalue weighted by Gasteiger charge is 2.19. The maximum absolute atomic E-state index is 2.60. The van der Waals surface area contributed by atoms with Gasteiger partial charge in [0, 0.05) is 12.6 Å². The van der Waals surface area contributed by atoms with Crippen LogP contribution in [0.5, 0.6) is 0 Å². The van der Waals surface area contributed by atoms with E-state index in [4.69, 9.17) is 0 Å².